The van der Waals surface area contributed by atoms with E-state index in [-0.39, 0.29) is 18.1 Å². The summed E-state index contributed by atoms with van der Waals surface area (Å²) in [5.74, 6) is 2.23. The van der Waals surface area contributed by atoms with Gasteiger partial charge in [-0.2, -0.15) is 0 Å². The van der Waals surface area contributed by atoms with Gasteiger partial charge in [0.2, 0.25) is 0 Å². The van der Waals surface area contributed by atoms with Crippen molar-refractivity contribution in [2.75, 3.05) is 13.6 Å². The molecule has 4 atom stereocenters. The third-order valence-electron chi connectivity index (χ3n) is 8.11. The van der Waals surface area contributed by atoms with Crippen LogP contribution in [0.3, 0.4) is 0 Å². The highest BCUT2D eigenvalue weighted by atomic mass is 16.3. The van der Waals surface area contributed by atoms with E-state index in [2.05, 4.69) is 111 Å². The van der Waals surface area contributed by atoms with E-state index in [0.717, 1.165) is 23.6 Å². The molecule has 33 heavy (non-hydrogen) atoms. The number of hydrogen-bond donors (Lipinski definition) is 0. The molecule has 0 bridgehead atoms. The van der Waals surface area contributed by atoms with Crippen LogP contribution in [0.2, 0.25) is 0 Å². The summed E-state index contributed by atoms with van der Waals surface area (Å²) in [6, 6.07) is 8.72. The average molecular weight is 440 g/mol. The number of likely N-dealkylation sites (N-methyl/N-ethyl adjacent to an activating group) is 1. The van der Waals surface area contributed by atoms with Crippen molar-refractivity contribution >= 4 is 17.0 Å². The molecule has 1 aromatic carbocycles. The highest BCUT2D eigenvalue weighted by Gasteiger charge is 2.55. The van der Waals surface area contributed by atoms with Gasteiger partial charge in [0.1, 0.15) is 17.5 Å². The third kappa shape index (κ3) is 2.70. The maximum atomic E-state index is 6.58. The summed E-state index contributed by atoms with van der Waals surface area (Å²) in [6.07, 6.45) is 11.6. The second kappa shape index (κ2) is 7.18. The van der Waals surface area contributed by atoms with Crippen LogP contribution in [0.25, 0.3) is 17.0 Å². The fourth-order valence-electron chi connectivity index (χ4n) is 6.44. The number of nitrogens with zero attached hydrogens (tertiary/aromatic N) is 3. The Morgan fingerprint density at radius 1 is 1.21 bits per heavy atom. The molecule has 1 saturated heterocycles. The van der Waals surface area contributed by atoms with Crippen molar-refractivity contribution in [3.63, 3.8) is 0 Å². The number of fused-ring (bicyclic) bond motifs is 8. The molecule has 0 saturated carbocycles. The van der Waals surface area contributed by atoms with Crippen molar-refractivity contribution in [2.45, 2.75) is 45.8 Å². The molecule has 4 nitrogen and oxygen atoms in total. The predicted octanol–water partition coefficient (Wildman–Crippen LogP) is 6.29. The van der Waals surface area contributed by atoms with Crippen LogP contribution in [-0.2, 0) is 0 Å². The third-order valence-corrected chi connectivity index (χ3v) is 8.11. The van der Waals surface area contributed by atoms with Crippen molar-refractivity contribution in [1.82, 2.24) is 14.7 Å². The molecule has 4 heteroatoms. The number of furan rings is 1. The number of rotatable bonds is 3. The number of hydrogen-bond acceptors (Lipinski definition) is 4. The van der Waals surface area contributed by atoms with E-state index in [1.54, 1.807) is 0 Å². The molecule has 1 fully saturated rings. The Kier molecular flexibility index (Phi) is 4.45. The van der Waals surface area contributed by atoms with Crippen LogP contribution in [0.4, 0.5) is 0 Å². The lowest BCUT2D eigenvalue weighted by molar-refractivity contribution is 0.181. The van der Waals surface area contributed by atoms with Crippen LogP contribution in [0.15, 0.2) is 82.4 Å². The first-order valence-electron chi connectivity index (χ1n) is 12.2. The molecular weight excluding hydrogens is 406 g/mol. The summed E-state index contributed by atoms with van der Waals surface area (Å²) in [5, 5.41) is 1.21. The molecule has 0 N–H and O–H groups in total. The Labute approximate surface area is 196 Å². The largest absolute Gasteiger partial charge is 0.460 e. The monoisotopic (exact) mass is 439 g/mol. The smallest absolute Gasteiger partial charge is 0.134 e. The Morgan fingerprint density at radius 2 is 2.00 bits per heavy atom. The van der Waals surface area contributed by atoms with Crippen molar-refractivity contribution in [1.29, 1.82) is 0 Å². The maximum absolute atomic E-state index is 6.58. The van der Waals surface area contributed by atoms with Gasteiger partial charge < -0.3 is 19.1 Å². The van der Waals surface area contributed by atoms with Crippen LogP contribution in [-0.4, -0.2) is 40.5 Å². The molecule has 0 spiro atoms. The van der Waals surface area contributed by atoms with Gasteiger partial charge in [-0.25, -0.2) is 0 Å². The van der Waals surface area contributed by atoms with Gasteiger partial charge in [0.05, 0.1) is 23.4 Å². The summed E-state index contributed by atoms with van der Waals surface area (Å²) < 4.78 is 6.58. The number of allylic oxidation sites excluding steroid dienone is 3. The maximum Gasteiger partial charge on any atom is 0.134 e. The molecular formula is C29H33N3O. The summed E-state index contributed by atoms with van der Waals surface area (Å²) in [6.45, 7) is 14.6. The van der Waals surface area contributed by atoms with E-state index in [9.17, 15) is 0 Å². The van der Waals surface area contributed by atoms with Crippen molar-refractivity contribution in [3.8, 4) is 0 Å². The van der Waals surface area contributed by atoms with Crippen LogP contribution in [0, 0.1) is 11.8 Å². The molecule has 4 unspecified atom stereocenters. The van der Waals surface area contributed by atoms with Gasteiger partial charge in [0, 0.05) is 42.4 Å². The molecule has 4 heterocycles. The molecule has 170 valence electrons. The topological polar surface area (TPSA) is 22.9 Å². The quantitative estimate of drug-likeness (QED) is 0.524. The van der Waals surface area contributed by atoms with Crippen molar-refractivity contribution in [2.24, 2.45) is 11.8 Å². The summed E-state index contributed by atoms with van der Waals surface area (Å²) in [7, 11) is 2.16. The molecule has 0 radical (unpaired) electrons. The van der Waals surface area contributed by atoms with Gasteiger partial charge >= 0.3 is 0 Å². The molecule has 0 amide bonds. The average Bonchev–Trinajstić information content (AvgIpc) is 3.44. The Hall–Kier alpha value is -3.14. The van der Waals surface area contributed by atoms with E-state index in [4.69, 9.17) is 4.42 Å². The van der Waals surface area contributed by atoms with E-state index in [1.165, 1.54) is 27.9 Å². The Balaban J connectivity index is 1.53. The van der Waals surface area contributed by atoms with Gasteiger partial charge in [0.25, 0.3) is 0 Å². The minimum atomic E-state index is 0.170. The second-order valence-electron chi connectivity index (χ2n) is 10.1. The SMILES string of the molecule is C=C(/C(=C\C)C(C)C)N1C2=C(C=CN(C)C2C)N2CC3C=Cc4c(oc5ccccc45)C3C21. The van der Waals surface area contributed by atoms with Crippen LogP contribution in [0.1, 0.15) is 44.9 Å². The first-order valence-corrected chi connectivity index (χ1v) is 12.2. The zero-order valence-electron chi connectivity index (χ0n) is 20.2. The molecule has 4 aliphatic rings. The highest BCUT2D eigenvalue weighted by Crippen LogP contribution is 2.55. The lowest BCUT2D eigenvalue weighted by atomic mass is 9.83. The van der Waals surface area contributed by atoms with Crippen LogP contribution in [0.5, 0.6) is 0 Å². The van der Waals surface area contributed by atoms with Gasteiger partial charge in [-0.3, -0.25) is 0 Å². The van der Waals surface area contributed by atoms with Crippen molar-refractivity contribution < 1.29 is 4.42 Å². The van der Waals surface area contributed by atoms with Crippen molar-refractivity contribution in [3.05, 3.63) is 89.3 Å². The van der Waals surface area contributed by atoms with E-state index < -0.39 is 0 Å². The summed E-state index contributed by atoms with van der Waals surface area (Å²) in [4.78, 5) is 7.46. The fourth-order valence-corrected chi connectivity index (χ4v) is 6.44. The minimum absolute atomic E-state index is 0.170. The first-order chi connectivity index (χ1) is 15.9. The van der Waals surface area contributed by atoms with Gasteiger partial charge in [-0.1, -0.05) is 56.9 Å². The van der Waals surface area contributed by atoms with Gasteiger partial charge in [0.15, 0.2) is 0 Å². The Bertz CT molecular complexity index is 1270. The zero-order valence-corrected chi connectivity index (χ0v) is 20.2. The standard InChI is InChI=1S/C29H33N3O/c1-7-21(17(2)3)18(4)32-27-19(5)30(6)15-14-24(27)31-16-20-12-13-23-22-10-8-9-11-25(22)33-28(23)26(20)29(31)32/h7-15,17,19-20,26,29H,4,16H2,1-3,5-6H3/b21-7-. The normalized spacial score (nSPS) is 28.1. The van der Waals surface area contributed by atoms with Gasteiger partial charge in [-0.05, 0) is 37.5 Å². The highest BCUT2D eigenvalue weighted by molar-refractivity contribution is 5.89. The number of para-hydroxylation sites is 1. The first kappa shape index (κ1) is 20.5. The van der Waals surface area contributed by atoms with E-state index in [1.807, 2.05) is 0 Å². The Morgan fingerprint density at radius 3 is 2.76 bits per heavy atom. The molecule has 6 rings (SSSR count). The zero-order chi connectivity index (χ0) is 23.0. The minimum Gasteiger partial charge on any atom is -0.460 e. The molecule has 1 aromatic heterocycles. The fraction of sp³-hybridized carbons (Fsp3) is 0.379. The second-order valence-corrected chi connectivity index (χ2v) is 10.1. The van der Waals surface area contributed by atoms with E-state index >= 15 is 0 Å². The summed E-state index contributed by atoms with van der Waals surface area (Å²) in [5.41, 5.74) is 7.37. The van der Waals surface area contributed by atoms with Crippen LogP contribution >= 0.6 is 0 Å². The predicted molar refractivity (Wildman–Crippen MR) is 135 cm³/mol. The van der Waals surface area contributed by atoms with E-state index in [0.29, 0.717) is 11.8 Å². The summed E-state index contributed by atoms with van der Waals surface area (Å²) >= 11 is 0. The van der Waals surface area contributed by atoms with Gasteiger partial charge in [-0.15, -0.1) is 0 Å². The lowest BCUT2D eigenvalue weighted by Crippen LogP contribution is -2.43. The molecule has 2 aromatic rings. The molecule has 1 aliphatic carbocycles. The lowest BCUT2D eigenvalue weighted by Gasteiger charge is -2.40. The number of benzene rings is 1. The molecule has 3 aliphatic heterocycles. The van der Waals surface area contributed by atoms with Crippen LogP contribution < -0.4 is 0 Å².